The van der Waals surface area contributed by atoms with Crippen molar-refractivity contribution in [3.8, 4) is 0 Å². The van der Waals surface area contributed by atoms with Crippen LogP contribution in [0, 0.1) is 23.7 Å². The molecular formula is C42H68N2. The minimum atomic E-state index is 0.833. The van der Waals surface area contributed by atoms with Crippen molar-refractivity contribution in [3.63, 3.8) is 0 Å². The topological polar surface area (TPSA) is 52.0 Å². The van der Waals surface area contributed by atoms with Crippen LogP contribution in [-0.2, 0) is 0 Å². The quantitative estimate of drug-likeness (QED) is 0.129. The van der Waals surface area contributed by atoms with Crippen molar-refractivity contribution in [2.75, 3.05) is 6.54 Å². The molecule has 0 aromatic rings. The predicted molar refractivity (Wildman–Crippen MR) is 193 cm³/mol. The van der Waals surface area contributed by atoms with E-state index in [9.17, 15) is 0 Å². The molecule has 0 spiro atoms. The van der Waals surface area contributed by atoms with E-state index in [2.05, 4.69) is 44.2 Å². The van der Waals surface area contributed by atoms with Gasteiger partial charge in [0.15, 0.2) is 0 Å². The number of rotatable bonds is 17. The van der Waals surface area contributed by atoms with Gasteiger partial charge in [0, 0.05) is 0 Å². The zero-order valence-electron chi connectivity index (χ0n) is 28.9. The Hall–Kier alpha value is -1.80. The van der Waals surface area contributed by atoms with Gasteiger partial charge >= 0.3 is 0 Å². The largest absolute Gasteiger partial charge is 0.404 e. The van der Waals surface area contributed by atoms with E-state index in [1.807, 2.05) is 6.20 Å². The summed E-state index contributed by atoms with van der Waals surface area (Å²) in [4.78, 5) is 0. The van der Waals surface area contributed by atoms with Gasteiger partial charge in [-0.2, -0.15) is 0 Å². The lowest BCUT2D eigenvalue weighted by molar-refractivity contribution is 0.278. The van der Waals surface area contributed by atoms with Crippen LogP contribution in [0.2, 0.25) is 0 Å². The Morgan fingerprint density at radius 3 is 1.68 bits per heavy atom. The third-order valence-corrected chi connectivity index (χ3v) is 11.8. The van der Waals surface area contributed by atoms with E-state index in [1.54, 1.807) is 22.3 Å². The Labute approximate surface area is 272 Å². The van der Waals surface area contributed by atoms with E-state index >= 15 is 0 Å². The lowest BCUT2D eigenvalue weighted by Crippen LogP contribution is -2.18. The molecule has 2 saturated carbocycles. The van der Waals surface area contributed by atoms with Crippen LogP contribution in [0.25, 0.3) is 0 Å². The second kappa shape index (κ2) is 19.7. The van der Waals surface area contributed by atoms with E-state index in [1.165, 1.54) is 146 Å². The van der Waals surface area contributed by atoms with Crippen LogP contribution >= 0.6 is 0 Å². The van der Waals surface area contributed by atoms with Crippen molar-refractivity contribution < 1.29 is 0 Å². The molecule has 4 N–H and O–H groups in total. The number of hydrogen-bond donors (Lipinski definition) is 2. The second-order valence-corrected chi connectivity index (χ2v) is 14.7. The van der Waals surface area contributed by atoms with Crippen molar-refractivity contribution >= 4 is 0 Å². The molecule has 0 atom stereocenters. The molecule has 2 fully saturated rings. The maximum atomic E-state index is 6.07. The lowest BCUT2D eigenvalue weighted by atomic mass is 9.73. The van der Waals surface area contributed by atoms with Gasteiger partial charge in [-0.1, -0.05) is 93.9 Å². The molecule has 4 aliphatic rings. The van der Waals surface area contributed by atoms with Gasteiger partial charge in [-0.25, -0.2) is 0 Å². The lowest BCUT2D eigenvalue weighted by Gasteiger charge is -2.33. The van der Waals surface area contributed by atoms with Crippen molar-refractivity contribution in [2.45, 2.75) is 162 Å². The summed E-state index contributed by atoms with van der Waals surface area (Å²) in [7, 11) is 0. The van der Waals surface area contributed by atoms with Crippen molar-refractivity contribution in [1.29, 1.82) is 0 Å². The van der Waals surface area contributed by atoms with Gasteiger partial charge in [-0.15, -0.1) is 0 Å². The molecule has 0 aliphatic heterocycles. The molecule has 0 bridgehead atoms. The monoisotopic (exact) mass is 601 g/mol. The molecule has 0 radical (unpaired) electrons. The molecule has 0 amide bonds. The minimum absolute atomic E-state index is 0.833. The first-order chi connectivity index (χ1) is 21.6. The fourth-order valence-corrected chi connectivity index (χ4v) is 8.84. The highest BCUT2D eigenvalue weighted by atomic mass is 14.5. The average Bonchev–Trinajstić information content (AvgIpc) is 3.08. The van der Waals surface area contributed by atoms with Crippen LogP contribution < -0.4 is 11.5 Å². The summed E-state index contributed by atoms with van der Waals surface area (Å²) in [6, 6.07) is 0. The van der Waals surface area contributed by atoms with Gasteiger partial charge in [0.25, 0.3) is 0 Å². The summed E-state index contributed by atoms with van der Waals surface area (Å²) >= 11 is 0. The Morgan fingerprint density at radius 1 is 0.659 bits per heavy atom. The standard InChI is InChI=1S/C42H68N2/c1-3-5-7-13-35(4-2)42(32-44)14-10-12-34-17-21-37(22-18-34)39-25-29-41(30-26-39)40-27-23-38(24-28-40)36-19-15-33(16-20-36)11-8-6-9-31-43/h13,23,25,27,29,32-34,36-37H,3-12,14-22,24,26,28,30-31,43-44H2,1-2H3/b35-13+,42-32+. The molecule has 2 heteroatoms. The Morgan fingerprint density at radius 2 is 1.23 bits per heavy atom. The molecular weight excluding hydrogens is 532 g/mol. The van der Waals surface area contributed by atoms with E-state index < -0.39 is 0 Å². The highest BCUT2D eigenvalue weighted by molar-refractivity contribution is 5.43. The highest BCUT2D eigenvalue weighted by Gasteiger charge is 2.27. The van der Waals surface area contributed by atoms with Crippen LogP contribution in [0.4, 0.5) is 0 Å². The average molecular weight is 601 g/mol. The smallest absolute Gasteiger partial charge is 0.00270 e. The fraction of sp³-hybridized carbons (Fsp3) is 0.714. The number of allylic oxidation sites excluding steroid dienone is 11. The molecule has 0 aromatic heterocycles. The fourth-order valence-electron chi connectivity index (χ4n) is 8.84. The van der Waals surface area contributed by atoms with Gasteiger partial charge in [0.2, 0.25) is 0 Å². The molecule has 0 saturated heterocycles. The van der Waals surface area contributed by atoms with Gasteiger partial charge in [-0.05, 0) is 168 Å². The third-order valence-electron chi connectivity index (χ3n) is 11.8. The van der Waals surface area contributed by atoms with E-state index in [4.69, 9.17) is 11.5 Å². The van der Waals surface area contributed by atoms with Crippen LogP contribution in [0.1, 0.15) is 162 Å². The summed E-state index contributed by atoms with van der Waals surface area (Å²) in [6.45, 7) is 5.41. The normalized spacial score (nSPS) is 27.0. The van der Waals surface area contributed by atoms with Crippen molar-refractivity contribution in [3.05, 3.63) is 70.0 Å². The summed E-state index contributed by atoms with van der Waals surface area (Å²) < 4.78 is 0. The van der Waals surface area contributed by atoms with Crippen LogP contribution in [0.15, 0.2) is 70.0 Å². The zero-order valence-corrected chi connectivity index (χ0v) is 28.9. The van der Waals surface area contributed by atoms with Gasteiger partial charge in [0.05, 0.1) is 0 Å². The molecule has 0 unspecified atom stereocenters. The minimum Gasteiger partial charge on any atom is -0.404 e. The molecule has 0 aromatic carbocycles. The zero-order chi connectivity index (χ0) is 31.0. The Balaban J connectivity index is 1.17. The molecule has 246 valence electrons. The molecule has 4 aliphatic carbocycles. The third kappa shape index (κ3) is 10.9. The molecule has 2 nitrogen and oxygen atoms in total. The predicted octanol–water partition coefficient (Wildman–Crippen LogP) is 12.0. The van der Waals surface area contributed by atoms with Gasteiger partial charge < -0.3 is 11.5 Å². The Kier molecular flexibility index (Phi) is 15.7. The van der Waals surface area contributed by atoms with Crippen LogP contribution in [0.3, 0.4) is 0 Å². The SMILES string of the molecule is CCCC/C=C(CC)/C(=C/N)CCCC1CCC(C2=CC=C(C3=CC=C(C4CCC(CCCCCN)CC4)CC3)CC2)CC1. The number of hydrogen-bond acceptors (Lipinski definition) is 2. The number of nitrogens with two attached hydrogens (primary N) is 2. The Bertz CT molecular complexity index is 1030. The maximum absolute atomic E-state index is 6.07. The molecule has 4 rings (SSSR count). The van der Waals surface area contributed by atoms with E-state index in [-0.39, 0.29) is 0 Å². The summed E-state index contributed by atoms with van der Waals surface area (Å²) in [6.07, 6.45) is 45.0. The summed E-state index contributed by atoms with van der Waals surface area (Å²) in [5, 5.41) is 0. The summed E-state index contributed by atoms with van der Waals surface area (Å²) in [5.41, 5.74) is 21.4. The van der Waals surface area contributed by atoms with Crippen LogP contribution in [0.5, 0.6) is 0 Å². The second-order valence-electron chi connectivity index (χ2n) is 14.7. The van der Waals surface area contributed by atoms with E-state index in [0.717, 1.165) is 43.1 Å². The summed E-state index contributed by atoms with van der Waals surface area (Å²) in [5.74, 6) is 3.58. The number of unbranched alkanes of at least 4 members (excludes halogenated alkanes) is 4. The molecule has 0 heterocycles. The van der Waals surface area contributed by atoms with Crippen molar-refractivity contribution in [2.24, 2.45) is 35.1 Å². The van der Waals surface area contributed by atoms with E-state index in [0.29, 0.717) is 0 Å². The maximum Gasteiger partial charge on any atom is -0.00270 e. The van der Waals surface area contributed by atoms with Gasteiger partial charge in [0.1, 0.15) is 0 Å². The first-order valence-electron chi connectivity index (χ1n) is 19.2. The first-order valence-corrected chi connectivity index (χ1v) is 19.2. The highest BCUT2D eigenvalue weighted by Crippen LogP contribution is 2.42. The van der Waals surface area contributed by atoms with Crippen molar-refractivity contribution in [1.82, 2.24) is 0 Å². The molecule has 44 heavy (non-hydrogen) atoms. The first kappa shape index (κ1) is 35.1. The van der Waals surface area contributed by atoms with Gasteiger partial charge in [-0.3, -0.25) is 0 Å². The van der Waals surface area contributed by atoms with Crippen LogP contribution in [-0.4, -0.2) is 6.54 Å².